The maximum absolute atomic E-state index is 12.5. The maximum Gasteiger partial charge on any atom is 0.237 e. The number of hydrogen-bond donors (Lipinski definition) is 1. The predicted molar refractivity (Wildman–Crippen MR) is 109 cm³/mol. The summed E-state index contributed by atoms with van der Waals surface area (Å²) in [7, 11) is 1.90. The van der Waals surface area contributed by atoms with Gasteiger partial charge in [-0.25, -0.2) is 0 Å². The first kappa shape index (κ1) is 19.1. The minimum atomic E-state index is -0.303. The molecule has 0 radical (unpaired) electrons. The molecule has 1 amide bonds. The van der Waals surface area contributed by atoms with E-state index in [0.717, 1.165) is 17.1 Å². The van der Waals surface area contributed by atoms with Crippen molar-refractivity contribution in [3.8, 4) is 11.4 Å². The Morgan fingerprint density at radius 2 is 1.70 bits per heavy atom. The van der Waals surface area contributed by atoms with Gasteiger partial charge in [-0.15, -0.1) is 10.2 Å². The third-order valence-electron chi connectivity index (χ3n) is 4.27. The van der Waals surface area contributed by atoms with E-state index >= 15 is 0 Å². The molecule has 0 aliphatic rings. The summed E-state index contributed by atoms with van der Waals surface area (Å²) >= 11 is 1.38. The van der Waals surface area contributed by atoms with E-state index in [4.69, 9.17) is 0 Å². The van der Waals surface area contributed by atoms with Crippen LogP contribution in [-0.2, 0) is 11.8 Å². The average molecular weight is 382 g/mol. The molecule has 0 saturated carbocycles. The molecule has 3 rings (SSSR count). The molecule has 1 N–H and O–H groups in total. The van der Waals surface area contributed by atoms with E-state index in [-0.39, 0.29) is 11.2 Å². The van der Waals surface area contributed by atoms with E-state index in [1.807, 2.05) is 54.9 Å². The molecule has 3 aromatic rings. The minimum absolute atomic E-state index is 0.0641. The van der Waals surface area contributed by atoms with Gasteiger partial charge in [0.25, 0.3) is 0 Å². The quantitative estimate of drug-likeness (QED) is 0.650. The van der Waals surface area contributed by atoms with Gasteiger partial charge in [-0.05, 0) is 42.7 Å². The van der Waals surface area contributed by atoms with Crippen LogP contribution in [0.5, 0.6) is 0 Å². The van der Waals surface area contributed by atoms with Crippen molar-refractivity contribution in [2.45, 2.75) is 37.1 Å². The largest absolute Gasteiger partial charge is 0.325 e. The summed E-state index contributed by atoms with van der Waals surface area (Å²) in [5.41, 5.74) is 2.99. The fraction of sp³-hybridized carbons (Fsp3) is 0.300. The third kappa shape index (κ3) is 4.54. The van der Waals surface area contributed by atoms with Gasteiger partial charge in [-0.3, -0.25) is 9.78 Å². The number of anilines is 1. The lowest BCUT2D eigenvalue weighted by Crippen LogP contribution is -2.22. The molecule has 0 unspecified atom stereocenters. The molecule has 2 heterocycles. The summed E-state index contributed by atoms with van der Waals surface area (Å²) in [5, 5.41) is 11.8. The van der Waals surface area contributed by atoms with Crippen LogP contribution >= 0.6 is 11.8 Å². The number of nitrogens with one attached hydrogen (secondary N) is 1. The summed E-state index contributed by atoms with van der Waals surface area (Å²) in [5.74, 6) is 1.15. The van der Waals surface area contributed by atoms with Gasteiger partial charge in [0.05, 0.1) is 5.25 Å². The third-order valence-corrected chi connectivity index (χ3v) is 5.40. The number of aromatic nitrogens is 4. The molecule has 1 aromatic carbocycles. The van der Waals surface area contributed by atoms with Gasteiger partial charge in [0.1, 0.15) is 0 Å². The molecule has 0 saturated heterocycles. The molecular formula is C20H23N5OS. The smallest absolute Gasteiger partial charge is 0.237 e. The Bertz CT molecular complexity index is 906. The van der Waals surface area contributed by atoms with Gasteiger partial charge in [-0.1, -0.05) is 37.7 Å². The number of benzene rings is 1. The Labute approximate surface area is 163 Å². The second kappa shape index (κ2) is 8.35. The van der Waals surface area contributed by atoms with E-state index in [9.17, 15) is 4.79 Å². The highest BCUT2D eigenvalue weighted by molar-refractivity contribution is 8.00. The molecule has 6 nitrogen and oxygen atoms in total. The van der Waals surface area contributed by atoms with Crippen LogP contribution in [0.3, 0.4) is 0 Å². The Balaban J connectivity index is 1.65. The fourth-order valence-electron chi connectivity index (χ4n) is 2.58. The molecule has 140 valence electrons. The highest BCUT2D eigenvalue weighted by Gasteiger charge is 2.19. The van der Waals surface area contributed by atoms with Crippen LogP contribution in [0.25, 0.3) is 11.4 Å². The van der Waals surface area contributed by atoms with E-state index in [1.165, 1.54) is 17.3 Å². The zero-order chi connectivity index (χ0) is 19.4. The monoisotopic (exact) mass is 381 g/mol. The van der Waals surface area contributed by atoms with E-state index in [0.29, 0.717) is 11.1 Å². The van der Waals surface area contributed by atoms with Gasteiger partial charge in [0, 0.05) is 30.7 Å². The maximum atomic E-state index is 12.5. The Kier molecular flexibility index (Phi) is 5.91. The topological polar surface area (TPSA) is 72.7 Å². The van der Waals surface area contributed by atoms with Crippen LogP contribution in [-0.4, -0.2) is 30.9 Å². The molecule has 1 atom stereocenters. The standard InChI is InChI=1S/C20H23N5OS/c1-13(2)15-5-7-17(8-6-15)22-19(26)14(3)27-20-24-23-18(25(20)4)16-9-11-21-12-10-16/h5-14H,1-4H3,(H,22,26)/t14-/m0/s1. The van der Waals surface area contributed by atoms with Gasteiger partial charge in [0.2, 0.25) is 5.91 Å². The number of nitrogens with zero attached hydrogens (tertiary/aromatic N) is 4. The zero-order valence-corrected chi connectivity index (χ0v) is 16.7. The summed E-state index contributed by atoms with van der Waals surface area (Å²) in [4.78, 5) is 16.5. The van der Waals surface area contributed by atoms with E-state index in [1.54, 1.807) is 12.4 Å². The zero-order valence-electron chi connectivity index (χ0n) is 15.9. The minimum Gasteiger partial charge on any atom is -0.325 e. The number of carbonyl (C=O) groups is 1. The van der Waals surface area contributed by atoms with Crippen molar-refractivity contribution in [1.82, 2.24) is 19.7 Å². The Morgan fingerprint density at radius 3 is 2.33 bits per heavy atom. The normalized spacial score (nSPS) is 12.2. The molecule has 27 heavy (non-hydrogen) atoms. The Hall–Kier alpha value is -2.67. The van der Waals surface area contributed by atoms with Crippen LogP contribution < -0.4 is 5.32 Å². The summed E-state index contributed by atoms with van der Waals surface area (Å²) in [6.07, 6.45) is 3.44. The highest BCUT2D eigenvalue weighted by Crippen LogP contribution is 2.26. The van der Waals surface area contributed by atoms with Crippen molar-refractivity contribution in [3.05, 3.63) is 54.4 Å². The molecule has 7 heteroatoms. The second-order valence-electron chi connectivity index (χ2n) is 6.63. The van der Waals surface area contributed by atoms with Crippen molar-refractivity contribution in [1.29, 1.82) is 0 Å². The summed E-state index contributed by atoms with van der Waals surface area (Å²) in [6, 6.07) is 11.7. The van der Waals surface area contributed by atoms with Gasteiger partial charge >= 0.3 is 0 Å². The summed E-state index contributed by atoms with van der Waals surface area (Å²) in [6.45, 7) is 6.16. The van der Waals surface area contributed by atoms with Crippen molar-refractivity contribution < 1.29 is 4.79 Å². The van der Waals surface area contributed by atoms with Gasteiger partial charge in [-0.2, -0.15) is 0 Å². The lowest BCUT2D eigenvalue weighted by molar-refractivity contribution is -0.115. The van der Waals surface area contributed by atoms with Crippen molar-refractivity contribution in [3.63, 3.8) is 0 Å². The van der Waals surface area contributed by atoms with Crippen molar-refractivity contribution >= 4 is 23.4 Å². The molecule has 0 aliphatic carbocycles. The lowest BCUT2D eigenvalue weighted by atomic mass is 10.0. The highest BCUT2D eigenvalue weighted by atomic mass is 32.2. The molecule has 2 aromatic heterocycles. The van der Waals surface area contributed by atoms with Crippen LogP contribution in [0.4, 0.5) is 5.69 Å². The van der Waals surface area contributed by atoms with Crippen LogP contribution in [0, 0.1) is 0 Å². The van der Waals surface area contributed by atoms with Crippen LogP contribution in [0.1, 0.15) is 32.3 Å². The molecule has 0 fully saturated rings. The molecule has 0 spiro atoms. The van der Waals surface area contributed by atoms with Gasteiger partial charge < -0.3 is 9.88 Å². The first-order valence-electron chi connectivity index (χ1n) is 8.83. The average Bonchev–Trinajstić information content (AvgIpc) is 3.03. The van der Waals surface area contributed by atoms with E-state index in [2.05, 4.69) is 34.3 Å². The van der Waals surface area contributed by atoms with Gasteiger partial charge in [0.15, 0.2) is 11.0 Å². The number of rotatable bonds is 6. The predicted octanol–water partition coefficient (Wildman–Crippen LogP) is 4.12. The SMILES string of the molecule is CC(C)c1ccc(NC(=O)[C@H](C)Sc2nnc(-c3ccncc3)n2C)cc1. The number of pyridine rings is 1. The summed E-state index contributed by atoms with van der Waals surface area (Å²) < 4.78 is 1.89. The molecule has 0 aliphatic heterocycles. The number of carbonyl (C=O) groups excluding carboxylic acids is 1. The van der Waals surface area contributed by atoms with Crippen molar-refractivity contribution in [2.24, 2.45) is 7.05 Å². The van der Waals surface area contributed by atoms with Crippen LogP contribution in [0.2, 0.25) is 0 Å². The number of thioether (sulfide) groups is 1. The second-order valence-corrected chi connectivity index (χ2v) is 7.94. The van der Waals surface area contributed by atoms with Crippen molar-refractivity contribution in [2.75, 3.05) is 5.32 Å². The van der Waals surface area contributed by atoms with Crippen LogP contribution in [0.15, 0.2) is 53.9 Å². The number of amides is 1. The first-order valence-corrected chi connectivity index (χ1v) is 9.71. The first-order chi connectivity index (χ1) is 13.0. The Morgan fingerprint density at radius 1 is 1.04 bits per heavy atom. The van der Waals surface area contributed by atoms with E-state index < -0.39 is 0 Å². The lowest BCUT2D eigenvalue weighted by Gasteiger charge is -2.12. The number of hydrogen-bond acceptors (Lipinski definition) is 5. The fourth-order valence-corrected chi connectivity index (χ4v) is 3.39. The molecule has 0 bridgehead atoms. The molecular weight excluding hydrogens is 358 g/mol.